The molecule has 0 aromatic heterocycles. The Morgan fingerprint density at radius 1 is 1.16 bits per heavy atom. The third-order valence-corrected chi connectivity index (χ3v) is 7.99. The Labute approximate surface area is 149 Å². The Bertz CT molecular complexity index is 790. The van der Waals surface area contributed by atoms with E-state index >= 15 is 0 Å². The molecule has 2 N–H and O–H groups in total. The van der Waals surface area contributed by atoms with Gasteiger partial charge in [0.05, 0.1) is 10.6 Å². The van der Waals surface area contributed by atoms with E-state index in [0.29, 0.717) is 23.3 Å². The molecule has 0 bridgehead atoms. The fourth-order valence-corrected chi connectivity index (χ4v) is 6.03. The molecule has 4 rings (SSSR count). The van der Waals surface area contributed by atoms with E-state index in [4.69, 9.17) is 5.73 Å². The summed E-state index contributed by atoms with van der Waals surface area (Å²) < 4.78 is 25.2. The second-order valence-corrected chi connectivity index (χ2v) is 9.93. The number of carbonyl (C=O) groups excluding carboxylic acids is 1. The molecule has 136 valence electrons. The van der Waals surface area contributed by atoms with Gasteiger partial charge in [-0.25, -0.2) is 8.42 Å². The molecular formula is C19H26N2O3S. The van der Waals surface area contributed by atoms with Crippen molar-refractivity contribution < 1.29 is 13.2 Å². The van der Waals surface area contributed by atoms with Crippen LogP contribution in [0.1, 0.15) is 36.8 Å². The third-order valence-electron chi connectivity index (χ3n) is 6.28. The minimum absolute atomic E-state index is 0.0497. The summed E-state index contributed by atoms with van der Waals surface area (Å²) in [6, 6.07) is 5.63. The van der Waals surface area contributed by atoms with Crippen molar-refractivity contribution in [1.82, 2.24) is 4.90 Å². The van der Waals surface area contributed by atoms with Crippen molar-refractivity contribution >= 4 is 15.7 Å². The number of sulfone groups is 1. The highest BCUT2D eigenvalue weighted by atomic mass is 32.2. The van der Waals surface area contributed by atoms with Gasteiger partial charge < -0.3 is 10.6 Å². The number of hydrogen-bond donors (Lipinski definition) is 1. The van der Waals surface area contributed by atoms with Crippen LogP contribution in [0, 0.1) is 11.8 Å². The summed E-state index contributed by atoms with van der Waals surface area (Å²) in [5.74, 6) is 0.749. The van der Waals surface area contributed by atoms with Gasteiger partial charge >= 0.3 is 0 Å². The number of fused-ring (bicyclic) bond motifs is 2. The maximum absolute atomic E-state index is 12.6. The highest BCUT2D eigenvalue weighted by molar-refractivity contribution is 7.91. The fraction of sp³-hybridized carbons (Fsp3) is 0.632. The highest BCUT2D eigenvalue weighted by Crippen LogP contribution is 2.37. The van der Waals surface area contributed by atoms with E-state index < -0.39 is 9.84 Å². The van der Waals surface area contributed by atoms with E-state index in [1.807, 2.05) is 11.0 Å². The molecule has 1 amide bonds. The van der Waals surface area contributed by atoms with Crippen LogP contribution in [0.2, 0.25) is 0 Å². The summed E-state index contributed by atoms with van der Waals surface area (Å²) in [5.41, 5.74) is 8.52. The molecule has 5 nitrogen and oxygen atoms in total. The van der Waals surface area contributed by atoms with Crippen LogP contribution in [0.15, 0.2) is 23.1 Å². The van der Waals surface area contributed by atoms with Gasteiger partial charge in [0.25, 0.3) is 0 Å². The Morgan fingerprint density at radius 3 is 2.76 bits per heavy atom. The smallest absolute Gasteiger partial charge is 0.223 e. The predicted octanol–water partition coefficient (Wildman–Crippen LogP) is 1.53. The first-order valence-electron chi connectivity index (χ1n) is 9.32. The van der Waals surface area contributed by atoms with Gasteiger partial charge in [-0.2, -0.15) is 0 Å². The largest absolute Gasteiger partial charge is 0.342 e. The molecule has 1 saturated heterocycles. The molecule has 2 fully saturated rings. The van der Waals surface area contributed by atoms with Gasteiger partial charge in [-0.15, -0.1) is 0 Å². The van der Waals surface area contributed by atoms with E-state index in [2.05, 4.69) is 0 Å². The number of rotatable bonds is 4. The number of nitrogens with two attached hydrogens (primary N) is 1. The zero-order valence-electron chi connectivity index (χ0n) is 14.5. The van der Waals surface area contributed by atoms with Crippen molar-refractivity contribution in [3.63, 3.8) is 0 Å². The fourth-order valence-electron chi connectivity index (χ4n) is 4.75. The minimum Gasteiger partial charge on any atom is -0.342 e. The van der Waals surface area contributed by atoms with Crippen molar-refractivity contribution in [1.29, 1.82) is 0 Å². The molecular weight excluding hydrogens is 336 g/mol. The van der Waals surface area contributed by atoms with Crippen molar-refractivity contribution in [2.45, 2.75) is 49.5 Å². The summed E-state index contributed by atoms with van der Waals surface area (Å²) in [7, 11) is -3.41. The first kappa shape index (κ1) is 17.0. The lowest BCUT2D eigenvalue weighted by Gasteiger charge is -2.18. The molecule has 6 heteroatoms. The Kier molecular flexibility index (Phi) is 4.36. The average Bonchev–Trinajstić information content (AvgIpc) is 3.29. The molecule has 1 aromatic rings. The number of hydrogen-bond acceptors (Lipinski definition) is 4. The minimum atomic E-state index is -3.41. The van der Waals surface area contributed by atoms with Crippen molar-refractivity contribution in [3.8, 4) is 0 Å². The number of amides is 1. The molecule has 1 saturated carbocycles. The number of aryl methyl sites for hydroxylation is 2. The summed E-state index contributed by atoms with van der Waals surface area (Å²) >= 11 is 0. The molecule has 0 radical (unpaired) electrons. The summed E-state index contributed by atoms with van der Waals surface area (Å²) in [6.45, 7) is 1.44. The second kappa shape index (κ2) is 6.40. The predicted molar refractivity (Wildman–Crippen MR) is 95.9 cm³/mol. The monoisotopic (exact) mass is 362 g/mol. The van der Waals surface area contributed by atoms with Crippen molar-refractivity contribution in [3.05, 3.63) is 29.3 Å². The molecule has 2 aliphatic carbocycles. The van der Waals surface area contributed by atoms with E-state index in [0.717, 1.165) is 44.2 Å². The lowest BCUT2D eigenvalue weighted by atomic mass is 9.98. The van der Waals surface area contributed by atoms with Crippen LogP contribution in [0.3, 0.4) is 0 Å². The van der Waals surface area contributed by atoms with Gasteiger partial charge in [0.15, 0.2) is 9.84 Å². The van der Waals surface area contributed by atoms with Crippen LogP contribution in [-0.4, -0.2) is 44.1 Å². The lowest BCUT2D eigenvalue weighted by molar-refractivity contribution is -0.130. The first-order valence-corrected chi connectivity index (χ1v) is 11.0. The van der Waals surface area contributed by atoms with Crippen LogP contribution in [0.25, 0.3) is 0 Å². The zero-order chi connectivity index (χ0) is 17.6. The molecule has 3 atom stereocenters. The quantitative estimate of drug-likeness (QED) is 0.881. The molecule has 1 aliphatic heterocycles. The SMILES string of the molecule is NC1CCC2CN(C(=O)CCS(=O)(=O)c3ccc4c(c3)CCC4)CC12. The molecule has 1 aromatic carbocycles. The number of nitrogens with zero attached hydrogens (tertiary/aromatic N) is 1. The van der Waals surface area contributed by atoms with Gasteiger partial charge in [0, 0.05) is 25.6 Å². The van der Waals surface area contributed by atoms with Crippen LogP contribution in [0.5, 0.6) is 0 Å². The van der Waals surface area contributed by atoms with Crippen LogP contribution < -0.4 is 5.73 Å². The summed E-state index contributed by atoms with van der Waals surface area (Å²) in [4.78, 5) is 14.7. The Hall–Kier alpha value is -1.40. The molecule has 25 heavy (non-hydrogen) atoms. The highest BCUT2D eigenvalue weighted by Gasteiger charge is 2.42. The van der Waals surface area contributed by atoms with Crippen LogP contribution in [-0.2, 0) is 27.5 Å². The normalized spacial score (nSPS) is 28.2. The van der Waals surface area contributed by atoms with Crippen LogP contribution in [0.4, 0.5) is 0 Å². The molecule has 0 spiro atoms. The van der Waals surface area contributed by atoms with E-state index in [1.54, 1.807) is 12.1 Å². The number of likely N-dealkylation sites (tertiary alicyclic amines) is 1. The summed E-state index contributed by atoms with van der Waals surface area (Å²) in [5, 5.41) is 0. The standard InChI is InChI=1S/C19H26N2O3S/c20-18-7-5-15-11-21(12-17(15)18)19(22)8-9-25(23,24)16-6-4-13-2-1-3-14(13)10-16/h4,6,10,15,17-18H,1-3,5,7-9,11-12,20H2. The zero-order valence-corrected chi connectivity index (χ0v) is 15.3. The number of carbonyl (C=O) groups is 1. The first-order chi connectivity index (χ1) is 11.9. The third kappa shape index (κ3) is 3.22. The maximum Gasteiger partial charge on any atom is 0.223 e. The number of benzene rings is 1. The van der Waals surface area contributed by atoms with Crippen molar-refractivity contribution in [2.24, 2.45) is 17.6 Å². The lowest BCUT2D eigenvalue weighted by Crippen LogP contribution is -2.34. The van der Waals surface area contributed by atoms with Gasteiger partial charge in [-0.05, 0) is 67.2 Å². The van der Waals surface area contributed by atoms with E-state index in [1.165, 1.54) is 5.56 Å². The molecule has 3 aliphatic rings. The maximum atomic E-state index is 12.6. The van der Waals surface area contributed by atoms with Gasteiger partial charge in [0.2, 0.25) is 5.91 Å². The van der Waals surface area contributed by atoms with E-state index in [9.17, 15) is 13.2 Å². The van der Waals surface area contributed by atoms with Gasteiger partial charge in [-0.3, -0.25) is 4.79 Å². The topological polar surface area (TPSA) is 80.5 Å². The average molecular weight is 362 g/mol. The second-order valence-electron chi connectivity index (χ2n) is 7.82. The van der Waals surface area contributed by atoms with Crippen LogP contribution >= 0.6 is 0 Å². The summed E-state index contributed by atoms with van der Waals surface area (Å²) in [6.07, 6.45) is 5.28. The Morgan fingerprint density at radius 2 is 1.96 bits per heavy atom. The van der Waals surface area contributed by atoms with Gasteiger partial charge in [-0.1, -0.05) is 6.07 Å². The van der Waals surface area contributed by atoms with E-state index in [-0.39, 0.29) is 24.1 Å². The van der Waals surface area contributed by atoms with Gasteiger partial charge in [0.1, 0.15) is 0 Å². The molecule has 3 unspecified atom stereocenters. The Balaban J connectivity index is 1.38. The molecule has 1 heterocycles. The van der Waals surface area contributed by atoms with Crippen molar-refractivity contribution in [2.75, 3.05) is 18.8 Å².